The summed E-state index contributed by atoms with van der Waals surface area (Å²) in [7, 11) is 0. The van der Waals surface area contributed by atoms with E-state index in [9.17, 15) is 13.2 Å². The highest BCUT2D eigenvalue weighted by Crippen LogP contribution is 2.37. The van der Waals surface area contributed by atoms with E-state index in [0.29, 0.717) is 5.71 Å². The number of hydrogen-bond acceptors (Lipinski definition) is 2. The van der Waals surface area contributed by atoms with Crippen molar-refractivity contribution in [1.29, 1.82) is 0 Å². The van der Waals surface area contributed by atoms with Crippen molar-refractivity contribution in [2.45, 2.75) is 6.18 Å². The number of furan rings is 1. The van der Waals surface area contributed by atoms with Gasteiger partial charge >= 0.3 is 6.18 Å². The van der Waals surface area contributed by atoms with Crippen LogP contribution in [-0.2, 0) is 6.18 Å². The maximum Gasteiger partial charge on any atom is 0.416 e. The van der Waals surface area contributed by atoms with Crippen LogP contribution in [0.4, 0.5) is 13.2 Å². The monoisotopic (exact) mass is 591 g/mol. The van der Waals surface area contributed by atoms with Crippen molar-refractivity contribution in [1.82, 2.24) is 4.98 Å². The highest BCUT2D eigenvalue weighted by atomic mass is 19.4. The summed E-state index contributed by atoms with van der Waals surface area (Å²) in [6, 6.07) is 44.8. The lowest BCUT2D eigenvalue weighted by Crippen LogP contribution is -2.03. The summed E-state index contributed by atoms with van der Waals surface area (Å²) in [4.78, 5) is 4.38. The second-order valence-electron chi connectivity index (χ2n) is 11.1. The van der Waals surface area contributed by atoms with Crippen LogP contribution in [0.25, 0.3) is 77.3 Å². The number of fused-ring (bicyclic) bond motifs is 4. The molecule has 8 rings (SSSR count). The first kappa shape index (κ1) is 26.9. The Labute approximate surface area is 257 Å². The van der Waals surface area contributed by atoms with Crippen LogP contribution >= 0.6 is 0 Å². The first-order chi connectivity index (χ1) is 21.9. The van der Waals surface area contributed by atoms with Gasteiger partial charge in [-0.3, -0.25) is 0 Å². The molecule has 8 aromatic rings. The highest BCUT2D eigenvalue weighted by Gasteiger charge is 2.30. The molecular weight excluding hydrogens is 567 g/mol. The number of alkyl halides is 3. The van der Waals surface area contributed by atoms with Gasteiger partial charge in [-0.1, -0.05) is 103 Å². The van der Waals surface area contributed by atoms with Gasteiger partial charge in [-0.15, -0.1) is 0 Å². The predicted molar refractivity (Wildman–Crippen MR) is 176 cm³/mol. The second-order valence-corrected chi connectivity index (χ2v) is 11.1. The Morgan fingerprint density at radius 2 is 0.956 bits per heavy atom. The molecule has 0 bridgehead atoms. The van der Waals surface area contributed by atoms with Gasteiger partial charge in [-0.2, -0.15) is 13.2 Å². The number of pyridine rings is 1. The minimum Gasteiger partial charge on any atom is -0.437 e. The molecule has 2 nitrogen and oxygen atoms in total. The normalized spacial score (nSPS) is 11.9. The minimum atomic E-state index is -4.34. The van der Waals surface area contributed by atoms with Crippen LogP contribution in [0.2, 0.25) is 0 Å². The van der Waals surface area contributed by atoms with E-state index in [-0.39, 0.29) is 0 Å². The lowest BCUT2D eigenvalue weighted by molar-refractivity contribution is -0.137. The molecule has 0 spiro atoms. The smallest absolute Gasteiger partial charge is 0.416 e. The molecule has 45 heavy (non-hydrogen) atoms. The SMILES string of the molecule is FC(F)(F)c1ccc(-c2ccc(-c3ccc4cc(-c5ccc(-c6cccc7c6oc6ncccc67)cc5)ccc4c3)cc2)cc1. The highest BCUT2D eigenvalue weighted by molar-refractivity contribution is 6.08. The van der Waals surface area contributed by atoms with Crippen molar-refractivity contribution in [2.75, 3.05) is 0 Å². The average molecular weight is 592 g/mol. The molecule has 2 heterocycles. The molecular formula is C40H24F3NO. The first-order valence-corrected chi connectivity index (χ1v) is 14.6. The van der Waals surface area contributed by atoms with E-state index in [0.717, 1.165) is 83.8 Å². The zero-order valence-electron chi connectivity index (χ0n) is 23.8. The molecule has 0 N–H and O–H groups in total. The topological polar surface area (TPSA) is 26.0 Å². The van der Waals surface area contributed by atoms with Crippen LogP contribution in [0.5, 0.6) is 0 Å². The molecule has 0 saturated carbocycles. The largest absolute Gasteiger partial charge is 0.437 e. The molecule has 5 heteroatoms. The Morgan fingerprint density at radius 3 is 1.53 bits per heavy atom. The fourth-order valence-electron chi connectivity index (χ4n) is 6.01. The lowest BCUT2D eigenvalue weighted by Gasteiger charge is -2.10. The van der Waals surface area contributed by atoms with E-state index in [1.54, 1.807) is 6.20 Å². The predicted octanol–water partition coefficient (Wildman–Crippen LogP) is 11.8. The van der Waals surface area contributed by atoms with Crippen molar-refractivity contribution in [3.63, 3.8) is 0 Å². The van der Waals surface area contributed by atoms with E-state index in [1.807, 2.05) is 36.4 Å². The third kappa shape index (κ3) is 4.92. The molecule has 2 aromatic heterocycles. The van der Waals surface area contributed by atoms with Gasteiger partial charge in [0.05, 0.1) is 5.56 Å². The minimum absolute atomic E-state index is 0.644. The van der Waals surface area contributed by atoms with Gasteiger partial charge in [0.15, 0.2) is 0 Å². The number of halogens is 3. The molecule has 0 saturated heterocycles. The summed E-state index contributed by atoms with van der Waals surface area (Å²) in [6.07, 6.45) is -2.59. The Hall–Kier alpha value is -5.68. The molecule has 0 amide bonds. The van der Waals surface area contributed by atoms with Crippen LogP contribution in [0, 0.1) is 0 Å². The number of rotatable bonds is 4. The van der Waals surface area contributed by atoms with Crippen LogP contribution < -0.4 is 0 Å². The van der Waals surface area contributed by atoms with Crippen molar-refractivity contribution >= 4 is 32.8 Å². The summed E-state index contributed by atoms with van der Waals surface area (Å²) < 4.78 is 44.9. The Morgan fingerprint density at radius 1 is 0.467 bits per heavy atom. The fraction of sp³-hybridized carbons (Fsp3) is 0.0250. The molecule has 0 aliphatic carbocycles. The Balaban J connectivity index is 1.04. The summed E-state index contributed by atoms with van der Waals surface area (Å²) in [5.41, 5.74) is 8.96. The van der Waals surface area contributed by atoms with Gasteiger partial charge in [0.2, 0.25) is 5.71 Å². The average Bonchev–Trinajstić information content (AvgIpc) is 3.47. The fourth-order valence-corrected chi connectivity index (χ4v) is 6.01. The Kier molecular flexibility index (Phi) is 6.27. The van der Waals surface area contributed by atoms with Gasteiger partial charge < -0.3 is 4.42 Å². The van der Waals surface area contributed by atoms with Gasteiger partial charge in [-0.05, 0) is 86.1 Å². The molecule has 0 radical (unpaired) electrons. The number of aromatic nitrogens is 1. The maximum atomic E-state index is 12.9. The second kappa shape index (κ2) is 10.5. The van der Waals surface area contributed by atoms with Crippen LogP contribution in [0.1, 0.15) is 5.56 Å². The summed E-state index contributed by atoms with van der Waals surface area (Å²) >= 11 is 0. The molecule has 6 aromatic carbocycles. The summed E-state index contributed by atoms with van der Waals surface area (Å²) in [6.45, 7) is 0. The molecule has 216 valence electrons. The molecule has 0 unspecified atom stereocenters. The maximum absolute atomic E-state index is 12.9. The number of nitrogens with zero attached hydrogens (tertiary/aromatic N) is 1. The third-order valence-electron chi connectivity index (χ3n) is 8.41. The molecule has 0 atom stereocenters. The lowest BCUT2D eigenvalue weighted by atomic mass is 9.95. The van der Waals surface area contributed by atoms with Crippen LogP contribution in [0.3, 0.4) is 0 Å². The molecule has 0 aliphatic rings. The van der Waals surface area contributed by atoms with Crippen molar-refractivity contribution < 1.29 is 17.6 Å². The van der Waals surface area contributed by atoms with Crippen molar-refractivity contribution in [3.05, 3.63) is 151 Å². The molecule has 0 aliphatic heterocycles. The van der Waals surface area contributed by atoms with E-state index < -0.39 is 11.7 Å². The summed E-state index contributed by atoms with van der Waals surface area (Å²) in [5, 5.41) is 4.34. The van der Waals surface area contributed by atoms with Crippen LogP contribution in [-0.4, -0.2) is 4.98 Å². The zero-order chi connectivity index (χ0) is 30.5. The number of hydrogen-bond donors (Lipinski definition) is 0. The van der Waals surface area contributed by atoms with E-state index in [2.05, 4.69) is 83.8 Å². The van der Waals surface area contributed by atoms with E-state index >= 15 is 0 Å². The van der Waals surface area contributed by atoms with Gasteiger partial charge in [0.25, 0.3) is 0 Å². The van der Waals surface area contributed by atoms with E-state index in [4.69, 9.17) is 4.42 Å². The van der Waals surface area contributed by atoms with Gasteiger partial charge in [0.1, 0.15) is 5.58 Å². The zero-order valence-corrected chi connectivity index (χ0v) is 23.8. The molecule has 0 fully saturated rings. The Bertz CT molecular complexity index is 2330. The summed E-state index contributed by atoms with van der Waals surface area (Å²) in [5.74, 6) is 0. The van der Waals surface area contributed by atoms with Crippen molar-refractivity contribution in [2.24, 2.45) is 0 Å². The number of para-hydroxylation sites is 1. The van der Waals surface area contributed by atoms with Gasteiger partial charge in [0, 0.05) is 22.5 Å². The number of benzene rings is 6. The standard InChI is InChI=1S/C40H24F3NO/c41-40(42,43)34-20-18-26(19-21-34)25-6-8-27(9-7-25)30-14-16-33-24-31(15-17-32(33)23-30)28-10-12-29(13-11-28)35-3-1-4-36-37-5-2-22-44-39(37)45-38(35)36/h1-24H. The quantitative estimate of drug-likeness (QED) is 0.203. The van der Waals surface area contributed by atoms with Crippen molar-refractivity contribution in [3.8, 4) is 44.5 Å². The first-order valence-electron chi connectivity index (χ1n) is 14.6. The van der Waals surface area contributed by atoms with Crippen LogP contribution in [0.15, 0.2) is 150 Å². The van der Waals surface area contributed by atoms with Gasteiger partial charge in [-0.25, -0.2) is 4.98 Å². The third-order valence-corrected chi connectivity index (χ3v) is 8.41. The van der Waals surface area contributed by atoms with E-state index in [1.165, 1.54) is 12.1 Å².